The zero-order valence-corrected chi connectivity index (χ0v) is 62.2. The average Bonchev–Trinajstić information content (AvgIpc) is 0.774. The number of amides is 4. The monoisotopic (exact) mass is 1700 g/mol. The van der Waals surface area contributed by atoms with Crippen LogP contribution >= 0.6 is 0 Å². The molecule has 0 saturated carbocycles. The van der Waals surface area contributed by atoms with E-state index >= 15 is 0 Å². The van der Waals surface area contributed by atoms with Crippen molar-refractivity contribution in [3.63, 3.8) is 0 Å². The molecule has 9 rings (SSSR count). The van der Waals surface area contributed by atoms with E-state index in [2.05, 4.69) is 21.3 Å². The third-order valence-corrected chi connectivity index (χ3v) is 21.1. The number of carbonyl (C=O) groups excluding carboxylic acids is 4. The van der Waals surface area contributed by atoms with E-state index < -0.39 is 365 Å². The highest BCUT2D eigenvalue weighted by Crippen LogP contribution is 2.40. The minimum Gasteiger partial charge on any atom is -0.394 e. The predicted octanol–water partition coefficient (Wildman–Crippen LogP) is -17.1. The lowest BCUT2D eigenvalue weighted by atomic mass is 9.87. The Labute approximate surface area is 663 Å². The van der Waals surface area contributed by atoms with E-state index in [-0.39, 0.29) is 14.9 Å². The second-order valence-electron chi connectivity index (χ2n) is 29.5. The van der Waals surface area contributed by atoms with E-state index in [0.29, 0.717) is 0 Å². The first kappa shape index (κ1) is 99.3. The maximum Gasteiger partial charge on any atom is 0.217 e. The molecule has 45 unspecified atom stereocenters. The van der Waals surface area contributed by atoms with Crippen LogP contribution in [-0.4, -0.2) is 482 Å². The molecule has 0 bridgehead atoms. The van der Waals surface area contributed by atoms with Crippen LogP contribution in [0, 0.1) is 5.92 Å². The fourth-order valence-corrected chi connectivity index (χ4v) is 15.1. The lowest BCUT2D eigenvalue weighted by Crippen LogP contribution is -2.71. The zero-order chi connectivity index (χ0) is 84.1. The summed E-state index contributed by atoms with van der Waals surface area (Å²) in [6.07, 6.45) is -83.0. The second-order valence-corrected chi connectivity index (χ2v) is 29.5. The molecule has 0 radical (unpaired) electrons. The van der Waals surface area contributed by atoms with Crippen molar-refractivity contribution >= 4 is 23.6 Å². The molecule has 9 fully saturated rings. The summed E-state index contributed by atoms with van der Waals surface area (Å²) in [4.78, 5) is 51.4. The number of hydrogen-bond donors (Lipinski definition) is 28. The van der Waals surface area contributed by atoms with E-state index in [4.69, 9.17) is 80.5 Å². The average molecular weight is 1700 g/mol. The van der Waals surface area contributed by atoms with Gasteiger partial charge in [-0.1, -0.05) is 28.7 Å². The first-order valence-corrected chi connectivity index (χ1v) is 36.9. The molecular weight excluding hydrogens is 1580 g/mol. The fourth-order valence-electron chi connectivity index (χ4n) is 15.1. The molecule has 0 aliphatic carbocycles. The van der Waals surface area contributed by atoms with Gasteiger partial charge in [0.25, 0.3) is 0 Å². The lowest BCUT2D eigenvalue weighted by Gasteiger charge is -2.51. The minimum absolute atomic E-state index is 0. The largest absolute Gasteiger partial charge is 0.394 e. The van der Waals surface area contributed by atoms with E-state index in [1.165, 1.54) is 0 Å². The summed E-state index contributed by atoms with van der Waals surface area (Å²) in [5.41, 5.74) is 0. The van der Waals surface area contributed by atoms with Crippen molar-refractivity contribution in [3.8, 4) is 0 Å². The van der Waals surface area contributed by atoms with Gasteiger partial charge in [0, 0.05) is 27.7 Å². The van der Waals surface area contributed by atoms with Gasteiger partial charge in [-0.25, -0.2) is 0 Å². The molecule has 28 N–H and O–H groups in total. The van der Waals surface area contributed by atoms with Gasteiger partial charge in [-0.05, 0) is 5.92 Å². The zero-order valence-electron chi connectivity index (χ0n) is 62.2. The number of aliphatic hydroxyl groups is 24. The van der Waals surface area contributed by atoms with Crippen LogP contribution in [0.5, 0.6) is 0 Å². The van der Waals surface area contributed by atoms with E-state index in [1.54, 1.807) is 13.8 Å². The Bertz CT molecular complexity index is 3020. The van der Waals surface area contributed by atoms with Gasteiger partial charge in [0.2, 0.25) is 23.6 Å². The third kappa shape index (κ3) is 21.9. The van der Waals surface area contributed by atoms with Crippen molar-refractivity contribution in [1.82, 2.24) is 21.3 Å². The minimum atomic E-state index is -2.55. The summed E-state index contributed by atoms with van der Waals surface area (Å²) in [5.74, 6) is -3.80. The van der Waals surface area contributed by atoms with Gasteiger partial charge >= 0.3 is 0 Å². The van der Waals surface area contributed by atoms with Crippen molar-refractivity contribution in [2.75, 3.05) is 59.5 Å². The van der Waals surface area contributed by atoms with Gasteiger partial charge in [-0.2, -0.15) is 0 Å². The Morgan fingerprint density at radius 3 is 0.845 bits per heavy atom. The molecular formula is C67H118N4O45. The highest BCUT2D eigenvalue weighted by molar-refractivity contribution is 5.74. The highest BCUT2D eigenvalue weighted by atomic mass is 16.8. The first-order valence-electron chi connectivity index (χ1n) is 36.9. The van der Waals surface area contributed by atoms with E-state index in [1.807, 2.05) is 0 Å². The predicted molar refractivity (Wildman–Crippen MR) is 370 cm³/mol. The van der Waals surface area contributed by atoms with Crippen LogP contribution in [-0.2, 0) is 99.7 Å². The topological polar surface area (TPSA) is 759 Å². The van der Waals surface area contributed by atoms with E-state index in [9.17, 15) is 142 Å². The standard InChI is InChI=1S/C65H110N4O45.2CH4/c1-16(2)50-30(66-17(3)78)39(87)51(25(11-74)99-50)108-58-31(67-18(4)79)40(88)54(28(14-77)104-58)111-63-49(97)55(112-65-57(46(94)37(85)24(10-73)103-65)114-60-33(69-20(6)81)42(90)53(27(13-76)106-60)110-62-48(96)44(92)35(83)22(8-71)101-62)38(86)29(107-63)15-98-64-56(45(93)36(84)23(9-72)102-64)113-59-32(68-19(5)80)41(89)52(26(12-75)105-59)109-61-47(95)43(91)34(82)21(7-70)100-61;;/h16,21-65,70-77,82-97H,7-15H2,1-6H3,(H,66,78)(H,67,79)(H,68,80)(H,69,81);2*1H4. The van der Waals surface area contributed by atoms with Crippen LogP contribution in [0.3, 0.4) is 0 Å². The normalized spacial score (nSPS) is 47.5. The summed E-state index contributed by atoms with van der Waals surface area (Å²) in [6, 6.07) is -6.92. The van der Waals surface area contributed by atoms with Crippen LogP contribution in [0.1, 0.15) is 56.4 Å². The Hall–Kier alpha value is -3.76. The summed E-state index contributed by atoms with van der Waals surface area (Å²) in [7, 11) is 0. The van der Waals surface area contributed by atoms with Crippen LogP contribution < -0.4 is 21.3 Å². The molecule has 45 atom stereocenters. The van der Waals surface area contributed by atoms with Crippen molar-refractivity contribution in [3.05, 3.63) is 0 Å². The number of carbonyl (C=O) groups is 4. The molecule has 116 heavy (non-hydrogen) atoms. The molecule has 0 aromatic carbocycles. The van der Waals surface area contributed by atoms with Crippen molar-refractivity contribution in [1.29, 1.82) is 0 Å². The van der Waals surface area contributed by atoms with Gasteiger partial charge in [0.1, 0.15) is 213 Å². The SMILES string of the molecule is C.C.CC(=O)NC1C(OC2C(OCC3OC(OC4C(CO)OC(OC5C(CO)OC(C(C)C)C(NC(C)=O)C5O)C(NC(C)=O)C4O)C(O)C(OC4OC(CO)C(O)C(O)C4OC4OC(CO)C(OC5OC(CO)C(O)C(O)C5O)C(O)C4NC(C)=O)C3O)OC(CO)C(O)C2O)OC(CO)C(OC2OC(CO)C(O)C(O)C2O)C1O. The van der Waals surface area contributed by atoms with Crippen molar-refractivity contribution in [2.24, 2.45) is 5.92 Å². The molecule has 9 aliphatic heterocycles. The summed E-state index contributed by atoms with van der Waals surface area (Å²) in [5, 5.41) is 278. The molecule has 0 spiro atoms. The maximum absolute atomic E-state index is 13.1. The Morgan fingerprint density at radius 1 is 0.259 bits per heavy atom. The Kier molecular flexibility index (Phi) is 37.3. The molecule has 49 heteroatoms. The summed E-state index contributed by atoms with van der Waals surface area (Å²) >= 11 is 0. The van der Waals surface area contributed by atoms with E-state index in [0.717, 1.165) is 27.7 Å². The van der Waals surface area contributed by atoms with Crippen LogP contribution in [0.25, 0.3) is 0 Å². The smallest absolute Gasteiger partial charge is 0.217 e. The number of hydrogen-bond acceptors (Lipinski definition) is 45. The molecule has 49 nitrogen and oxygen atoms in total. The molecule has 676 valence electrons. The Morgan fingerprint density at radius 2 is 0.509 bits per heavy atom. The van der Waals surface area contributed by atoms with Gasteiger partial charge in [-0.3, -0.25) is 19.2 Å². The van der Waals surface area contributed by atoms with Crippen LogP contribution in [0.4, 0.5) is 0 Å². The number of rotatable bonds is 30. The van der Waals surface area contributed by atoms with Gasteiger partial charge < -0.3 is 224 Å². The van der Waals surface area contributed by atoms with Crippen molar-refractivity contribution < 1.29 is 222 Å². The quantitative estimate of drug-likeness (QED) is 0.0318. The van der Waals surface area contributed by atoms with Gasteiger partial charge in [0.05, 0.1) is 71.6 Å². The third-order valence-electron chi connectivity index (χ3n) is 21.1. The molecule has 9 heterocycles. The van der Waals surface area contributed by atoms with Crippen LogP contribution in [0.2, 0.25) is 0 Å². The molecule has 0 aromatic rings. The summed E-state index contributed by atoms with van der Waals surface area (Å²) < 4.78 is 102. The lowest BCUT2D eigenvalue weighted by molar-refractivity contribution is -0.398. The van der Waals surface area contributed by atoms with Gasteiger partial charge in [-0.15, -0.1) is 0 Å². The number of nitrogens with one attached hydrogen (secondary N) is 4. The molecule has 0 aromatic heterocycles. The molecule has 9 aliphatic rings. The van der Waals surface area contributed by atoms with Crippen LogP contribution in [0.15, 0.2) is 0 Å². The fraction of sp³-hybridized carbons (Fsp3) is 0.940. The molecule has 4 amide bonds. The highest BCUT2D eigenvalue weighted by Gasteiger charge is 2.61. The summed E-state index contributed by atoms with van der Waals surface area (Å²) in [6.45, 7) is -2.17. The first-order chi connectivity index (χ1) is 53.9. The number of ether oxygens (including phenoxy) is 17. The van der Waals surface area contributed by atoms with Gasteiger partial charge in [0.15, 0.2) is 50.3 Å². The molecule has 9 saturated heterocycles. The number of aliphatic hydroxyl groups excluding tert-OH is 24. The Balaban J connectivity index is 0.00000930. The van der Waals surface area contributed by atoms with Crippen molar-refractivity contribution in [2.45, 2.75) is 332 Å². The second kappa shape index (κ2) is 43.5. The maximum atomic E-state index is 13.1.